The predicted octanol–water partition coefficient (Wildman–Crippen LogP) is 2.88. The van der Waals surface area contributed by atoms with Crippen molar-refractivity contribution in [3.63, 3.8) is 0 Å². The van der Waals surface area contributed by atoms with Crippen molar-refractivity contribution in [1.82, 2.24) is 14.4 Å². The van der Waals surface area contributed by atoms with Crippen LogP contribution in [0, 0.1) is 11.3 Å². The molecular formula is C22H24N4O2. The molecule has 1 aliphatic rings. The van der Waals surface area contributed by atoms with Gasteiger partial charge in [-0.15, -0.1) is 0 Å². The van der Waals surface area contributed by atoms with Crippen molar-refractivity contribution in [2.75, 3.05) is 26.2 Å². The zero-order valence-electron chi connectivity index (χ0n) is 16.3. The van der Waals surface area contributed by atoms with Gasteiger partial charge in [0.2, 0.25) is 0 Å². The Labute approximate surface area is 164 Å². The van der Waals surface area contributed by atoms with Crippen LogP contribution < -0.4 is 5.76 Å². The van der Waals surface area contributed by atoms with Gasteiger partial charge in [-0.3, -0.25) is 14.4 Å². The van der Waals surface area contributed by atoms with Gasteiger partial charge in [0.05, 0.1) is 17.1 Å². The van der Waals surface area contributed by atoms with Gasteiger partial charge in [0.1, 0.15) is 0 Å². The first kappa shape index (κ1) is 18.5. The first-order chi connectivity index (χ1) is 13.5. The number of nitriles is 1. The first-order valence-corrected chi connectivity index (χ1v) is 9.60. The van der Waals surface area contributed by atoms with Crippen molar-refractivity contribution >= 4 is 11.1 Å². The summed E-state index contributed by atoms with van der Waals surface area (Å²) in [6.45, 7) is 7.00. The maximum absolute atomic E-state index is 11.7. The Kier molecular flexibility index (Phi) is 5.03. The van der Waals surface area contributed by atoms with Gasteiger partial charge in [-0.05, 0) is 42.3 Å². The number of piperazine rings is 1. The molecule has 144 valence electrons. The van der Waals surface area contributed by atoms with E-state index < -0.39 is 0 Å². The lowest BCUT2D eigenvalue weighted by Gasteiger charge is -2.38. The van der Waals surface area contributed by atoms with E-state index in [4.69, 9.17) is 9.68 Å². The van der Waals surface area contributed by atoms with E-state index in [1.54, 1.807) is 7.05 Å². The summed E-state index contributed by atoms with van der Waals surface area (Å²) in [4.78, 5) is 16.6. The van der Waals surface area contributed by atoms with E-state index >= 15 is 0 Å². The van der Waals surface area contributed by atoms with E-state index in [9.17, 15) is 4.79 Å². The molecule has 0 saturated carbocycles. The average Bonchev–Trinajstić information content (AvgIpc) is 3.01. The number of rotatable bonds is 4. The third-order valence-corrected chi connectivity index (χ3v) is 5.72. The van der Waals surface area contributed by atoms with Crippen molar-refractivity contribution in [2.24, 2.45) is 7.05 Å². The minimum atomic E-state index is -0.324. The first-order valence-electron chi connectivity index (χ1n) is 9.60. The van der Waals surface area contributed by atoms with E-state index in [0.29, 0.717) is 17.2 Å². The normalized spacial score (nSPS) is 16.9. The minimum Gasteiger partial charge on any atom is -0.408 e. The second-order valence-corrected chi connectivity index (χ2v) is 7.45. The maximum Gasteiger partial charge on any atom is 0.419 e. The Balaban J connectivity index is 1.39. The Morgan fingerprint density at radius 1 is 1.14 bits per heavy atom. The second kappa shape index (κ2) is 7.63. The molecule has 0 spiro atoms. The summed E-state index contributed by atoms with van der Waals surface area (Å²) < 4.78 is 6.83. The number of hydrogen-bond donors (Lipinski definition) is 0. The number of nitrogens with zero attached hydrogens (tertiary/aromatic N) is 4. The van der Waals surface area contributed by atoms with Gasteiger partial charge in [-0.2, -0.15) is 5.26 Å². The van der Waals surface area contributed by atoms with Crippen LogP contribution in [0.25, 0.3) is 11.1 Å². The summed E-state index contributed by atoms with van der Waals surface area (Å²) in [5.41, 5.74) is 4.54. The number of aromatic nitrogens is 1. The fourth-order valence-corrected chi connectivity index (χ4v) is 3.92. The highest BCUT2D eigenvalue weighted by molar-refractivity contribution is 5.73. The van der Waals surface area contributed by atoms with Crippen LogP contribution in [0.2, 0.25) is 0 Å². The molecule has 0 bridgehead atoms. The Bertz CT molecular complexity index is 1080. The minimum absolute atomic E-state index is 0.297. The van der Waals surface area contributed by atoms with E-state index in [-0.39, 0.29) is 5.76 Å². The van der Waals surface area contributed by atoms with Crippen LogP contribution in [0.1, 0.15) is 29.7 Å². The summed E-state index contributed by atoms with van der Waals surface area (Å²) in [6, 6.07) is 16.4. The number of aryl methyl sites for hydroxylation is 1. The second-order valence-electron chi connectivity index (χ2n) is 7.45. The summed E-state index contributed by atoms with van der Waals surface area (Å²) in [5, 5.41) is 9.12. The molecule has 0 amide bonds. The van der Waals surface area contributed by atoms with Gasteiger partial charge in [0.25, 0.3) is 0 Å². The van der Waals surface area contributed by atoms with Crippen molar-refractivity contribution in [3.05, 3.63) is 69.7 Å². The molecule has 1 atom stereocenters. The molecule has 2 aromatic carbocycles. The highest BCUT2D eigenvalue weighted by atomic mass is 16.4. The number of benzene rings is 2. The molecule has 28 heavy (non-hydrogen) atoms. The highest BCUT2D eigenvalue weighted by Gasteiger charge is 2.22. The lowest BCUT2D eigenvalue weighted by atomic mass is 10.0. The summed E-state index contributed by atoms with van der Waals surface area (Å²) in [5.74, 6) is -0.324. The molecule has 3 aromatic rings. The molecule has 1 fully saturated rings. The molecule has 0 aliphatic carbocycles. The molecule has 0 N–H and O–H groups in total. The predicted molar refractivity (Wildman–Crippen MR) is 108 cm³/mol. The zero-order chi connectivity index (χ0) is 19.7. The molecule has 1 unspecified atom stereocenters. The van der Waals surface area contributed by atoms with Crippen molar-refractivity contribution < 1.29 is 4.42 Å². The molecule has 4 rings (SSSR count). The van der Waals surface area contributed by atoms with Crippen molar-refractivity contribution in [2.45, 2.75) is 19.5 Å². The van der Waals surface area contributed by atoms with Gasteiger partial charge in [0, 0.05) is 45.8 Å². The average molecular weight is 376 g/mol. The van der Waals surface area contributed by atoms with Gasteiger partial charge < -0.3 is 4.42 Å². The summed E-state index contributed by atoms with van der Waals surface area (Å²) in [6.07, 6.45) is 0. The van der Waals surface area contributed by atoms with Crippen molar-refractivity contribution in [3.8, 4) is 6.07 Å². The number of hydrogen-bond acceptors (Lipinski definition) is 5. The lowest BCUT2D eigenvalue weighted by molar-refractivity contribution is 0.0979. The van der Waals surface area contributed by atoms with Crippen molar-refractivity contribution in [1.29, 1.82) is 5.26 Å². The number of oxazole rings is 1. The fourth-order valence-electron chi connectivity index (χ4n) is 3.92. The molecule has 6 heteroatoms. The third-order valence-electron chi connectivity index (χ3n) is 5.72. The van der Waals surface area contributed by atoms with Gasteiger partial charge in [0.15, 0.2) is 5.58 Å². The van der Waals surface area contributed by atoms with E-state index in [1.165, 1.54) is 10.1 Å². The quantitative estimate of drug-likeness (QED) is 0.701. The van der Waals surface area contributed by atoms with Crippen LogP contribution in [0.5, 0.6) is 0 Å². The van der Waals surface area contributed by atoms with Crippen LogP contribution in [0.15, 0.2) is 51.7 Å². The van der Waals surface area contributed by atoms with E-state index in [0.717, 1.165) is 43.8 Å². The Hall–Kier alpha value is -2.88. The summed E-state index contributed by atoms with van der Waals surface area (Å²) in [7, 11) is 1.72. The van der Waals surface area contributed by atoms with Gasteiger partial charge in [-0.25, -0.2) is 4.79 Å². The number of fused-ring (bicyclic) bond motifs is 1. The van der Waals surface area contributed by atoms with Crippen LogP contribution >= 0.6 is 0 Å². The van der Waals surface area contributed by atoms with Gasteiger partial charge in [-0.1, -0.05) is 18.2 Å². The SMILES string of the molecule is CC(c1cccc(C#N)c1)N1CCN(Cc2ccc3c(c2)oc(=O)n3C)CC1. The molecule has 1 aromatic heterocycles. The van der Waals surface area contributed by atoms with E-state index in [2.05, 4.69) is 34.9 Å². The lowest BCUT2D eigenvalue weighted by Crippen LogP contribution is -2.46. The van der Waals surface area contributed by atoms with E-state index in [1.807, 2.05) is 30.3 Å². The smallest absolute Gasteiger partial charge is 0.408 e. The third kappa shape index (κ3) is 3.59. The monoisotopic (exact) mass is 376 g/mol. The van der Waals surface area contributed by atoms with Gasteiger partial charge >= 0.3 is 5.76 Å². The Morgan fingerprint density at radius 2 is 1.93 bits per heavy atom. The zero-order valence-corrected chi connectivity index (χ0v) is 16.3. The largest absolute Gasteiger partial charge is 0.419 e. The molecular weight excluding hydrogens is 352 g/mol. The molecule has 2 heterocycles. The van der Waals surface area contributed by atoms with Crippen LogP contribution in [-0.2, 0) is 13.6 Å². The van der Waals surface area contributed by atoms with Crippen LogP contribution in [0.4, 0.5) is 0 Å². The molecule has 1 saturated heterocycles. The van der Waals surface area contributed by atoms with Crippen LogP contribution in [0.3, 0.4) is 0 Å². The maximum atomic E-state index is 11.7. The molecule has 6 nitrogen and oxygen atoms in total. The molecule has 1 aliphatic heterocycles. The van der Waals surface area contributed by atoms with Crippen LogP contribution in [-0.4, -0.2) is 40.5 Å². The summed E-state index contributed by atoms with van der Waals surface area (Å²) >= 11 is 0. The Morgan fingerprint density at radius 3 is 2.68 bits per heavy atom. The molecule has 0 radical (unpaired) electrons. The standard InChI is InChI=1S/C22H24N4O2/c1-16(19-5-3-4-17(12-19)14-23)26-10-8-25(9-11-26)15-18-6-7-20-21(13-18)28-22(27)24(20)2/h3-7,12-13,16H,8-11,15H2,1-2H3. The fraction of sp³-hybridized carbons (Fsp3) is 0.364. The topological polar surface area (TPSA) is 65.4 Å². The highest BCUT2D eigenvalue weighted by Crippen LogP contribution is 2.23.